The monoisotopic (exact) mass is 715 g/mol. The van der Waals surface area contributed by atoms with Crippen LogP contribution < -0.4 is 0 Å². The van der Waals surface area contributed by atoms with E-state index < -0.39 is 0 Å². The first-order valence-electron chi connectivity index (χ1n) is 18.8. The van der Waals surface area contributed by atoms with Gasteiger partial charge in [-0.2, -0.15) is 0 Å². The van der Waals surface area contributed by atoms with E-state index in [-0.39, 0.29) is 0 Å². The average molecular weight is 716 g/mol. The van der Waals surface area contributed by atoms with E-state index in [2.05, 4.69) is 193 Å². The molecule has 11 aromatic rings. The molecule has 55 heavy (non-hydrogen) atoms. The average Bonchev–Trinajstić information content (AvgIpc) is 3.66. The number of hydrogen-bond acceptors (Lipinski definition) is 2. The maximum absolute atomic E-state index is 4.69. The third-order valence-electron chi connectivity index (χ3n) is 11.1. The number of thiophene rings is 1. The number of pyridine rings is 1. The van der Waals surface area contributed by atoms with Gasteiger partial charge in [-0.15, -0.1) is 11.3 Å². The van der Waals surface area contributed by atoms with Gasteiger partial charge < -0.3 is 0 Å². The van der Waals surface area contributed by atoms with Crippen molar-refractivity contribution in [3.8, 4) is 55.6 Å². The van der Waals surface area contributed by atoms with E-state index in [1.54, 1.807) is 0 Å². The molecule has 0 N–H and O–H groups in total. The van der Waals surface area contributed by atoms with Crippen LogP contribution in [0.4, 0.5) is 0 Å². The zero-order chi connectivity index (χ0) is 36.3. The van der Waals surface area contributed by atoms with Crippen molar-refractivity contribution in [2.24, 2.45) is 0 Å². The molecule has 11 rings (SSSR count). The van der Waals surface area contributed by atoms with Crippen molar-refractivity contribution in [3.05, 3.63) is 200 Å². The summed E-state index contributed by atoms with van der Waals surface area (Å²) in [5, 5.41) is 9.00. The normalized spacial score (nSPS) is 11.6. The van der Waals surface area contributed by atoms with Crippen LogP contribution in [0.25, 0.3) is 108 Å². The topological polar surface area (TPSA) is 12.9 Å². The minimum atomic E-state index is 1.08. The predicted octanol–water partition coefficient (Wildman–Crippen LogP) is 15.2. The fraction of sp³-hybridized carbons (Fsp3) is 0. The molecule has 0 unspecified atom stereocenters. The molecule has 0 saturated carbocycles. The molecule has 2 heterocycles. The molecule has 0 amide bonds. The van der Waals surface area contributed by atoms with E-state index in [1.807, 2.05) is 23.6 Å². The Balaban J connectivity index is 0.936. The molecule has 9 aromatic carbocycles. The third-order valence-corrected chi connectivity index (χ3v) is 12.3. The summed E-state index contributed by atoms with van der Waals surface area (Å²) in [5.41, 5.74) is 13.2. The van der Waals surface area contributed by atoms with Crippen LogP contribution in [0.3, 0.4) is 0 Å². The molecule has 0 fully saturated rings. The molecule has 0 spiro atoms. The summed E-state index contributed by atoms with van der Waals surface area (Å²) in [6, 6.07) is 71.1. The van der Waals surface area contributed by atoms with E-state index in [4.69, 9.17) is 0 Å². The highest BCUT2D eigenvalue weighted by Gasteiger charge is 2.13. The Morgan fingerprint density at radius 1 is 0.291 bits per heavy atom. The van der Waals surface area contributed by atoms with Gasteiger partial charge >= 0.3 is 0 Å². The SMILES string of the molecule is c1cc(-c2cccc(-c3cccc(-c4cccc5c4sc4cccnc45)c3)c2)cc(-c2cccc(-c3ccc4c5ccccc5c5ccccc5c4c3)c2)c1. The van der Waals surface area contributed by atoms with E-state index in [1.165, 1.54) is 103 Å². The van der Waals surface area contributed by atoms with Gasteiger partial charge in [0, 0.05) is 16.3 Å². The molecule has 1 nitrogen and oxygen atoms in total. The smallest absolute Gasteiger partial charge is 0.0888 e. The summed E-state index contributed by atoms with van der Waals surface area (Å²) >= 11 is 1.82. The summed E-state index contributed by atoms with van der Waals surface area (Å²) in [5.74, 6) is 0. The fourth-order valence-electron chi connectivity index (χ4n) is 8.43. The Kier molecular flexibility index (Phi) is 7.43. The Morgan fingerprint density at radius 2 is 0.709 bits per heavy atom. The first-order chi connectivity index (χ1) is 27.2. The highest BCUT2D eigenvalue weighted by Crippen LogP contribution is 2.41. The third kappa shape index (κ3) is 5.42. The maximum atomic E-state index is 4.69. The van der Waals surface area contributed by atoms with Crippen LogP contribution in [0.5, 0.6) is 0 Å². The summed E-state index contributed by atoms with van der Waals surface area (Å²) in [4.78, 5) is 4.69. The van der Waals surface area contributed by atoms with Crippen LogP contribution in [0.2, 0.25) is 0 Å². The second-order valence-corrected chi connectivity index (χ2v) is 15.4. The van der Waals surface area contributed by atoms with Crippen molar-refractivity contribution in [1.82, 2.24) is 4.98 Å². The molecule has 2 aromatic heterocycles. The van der Waals surface area contributed by atoms with Crippen LogP contribution in [-0.2, 0) is 0 Å². The first kappa shape index (κ1) is 31.6. The Bertz CT molecular complexity index is 3240. The highest BCUT2D eigenvalue weighted by atomic mass is 32.1. The van der Waals surface area contributed by atoms with E-state index in [0.717, 1.165) is 5.52 Å². The number of fused-ring (bicyclic) bond motifs is 9. The second-order valence-electron chi connectivity index (χ2n) is 14.3. The standard InChI is InChI=1S/C53H33NS/c1-2-21-46-44(19-1)45-20-3-4-22-47(45)50-33-41(26-27-48(46)50)39-16-7-14-37(31-39)35-12-5-11-34(29-35)36-13-6-15-38(30-36)40-17-8-18-42(32-40)43-23-9-24-49-52-51(55-53(43)49)25-10-28-54-52/h1-33H. The van der Waals surface area contributed by atoms with Crippen LogP contribution in [0.1, 0.15) is 0 Å². The summed E-state index contributed by atoms with van der Waals surface area (Å²) < 4.78 is 2.50. The van der Waals surface area contributed by atoms with Gasteiger partial charge in [0.1, 0.15) is 0 Å². The largest absolute Gasteiger partial charge is 0.255 e. The minimum Gasteiger partial charge on any atom is -0.255 e. The number of nitrogens with zero attached hydrogens (tertiary/aromatic N) is 1. The second kappa shape index (κ2) is 12.9. The number of aromatic nitrogens is 1. The Hall–Kier alpha value is -6.87. The molecule has 0 aliphatic carbocycles. The molecular weight excluding hydrogens is 683 g/mol. The van der Waals surface area contributed by atoms with Gasteiger partial charge in [-0.1, -0.05) is 152 Å². The highest BCUT2D eigenvalue weighted by molar-refractivity contribution is 7.26. The van der Waals surface area contributed by atoms with Gasteiger partial charge in [0.2, 0.25) is 0 Å². The van der Waals surface area contributed by atoms with E-state index in [0.29, 0.717) is 0 Å². The summed E-state index contributed by atoms with van der Waals surface area (Å²) in [6.45, 7) is 0. The lowest BCUT2D eigenvalue weighted by molar-refractivity contribution is 1.44. The van der Waals surface area contributed by atoms with E-state index >= 15 is 0 Å². The zero-order valence-electron chi connectivity index (χ0n) is 29.9. The number of benzene rings is 9. The van der Waals surface area contributed by atoms with Gasteiger partial charge in [0.15, 0.2) is 0 Å². The fourth-order valence-corrected chi connectivity index (χ4v) is 9.63. The molecule has 2 heteroatoms. The van der Waals surface area contributed by atoms with Crippen molar-refractivity contribution in [2.45, 2.75) is 0 Å². The first-order valence-corrected chi connectivity index (χ1v) is 19.6. The van der Waals surface area contributed by atoms with Gasteiger partial charge in [0.25, 0.3) is 0 Å². The van der Waals surface area contributed by atoms with E-state index in [9.17, 15) is 0 Å². The molecule has 0 bridgehead atoms. The van der Waals surface area contributed by atoms with Gasteiger partial charge in [0.05, 0.1) is 10.2 Å². The van der Waals surface area contributed by atoms with Crippen LogP contribution in [0.15, 0.2) is 200 Å². The summed E-state index contributed by atoms with van der Waals surface area (Å²) in [6.07, 6.45) is 1.89. The lowest BCUT2D eigenvalue weighted by Crippen LogP contribution is -1.86. The quantitative estimate of drug-likeness (QED) is 0.162. The van der Waals surface area contributed by atoms with Gasteiger partial charge in [-0.3, -0.25) is 4.98 Å². The Labute approximate surface area is 323 Å². The van der Waals surface area contributed by atoms with Crippen molar-refractivity contribution in [2.75, 3.05) is 0 Å². The van der Waals surface area contributed by atoms with Crippen molar-refractivity contribution < 1.29 is 0 Å². The number of rotatable bonds is 5. The molecule has 0 aliphatic heterocycles. The zero-order valence-corrected chi connectivity index (χ0v) is 30.7. The van der Waals surface area contributed by atoms with Gasteiger partial charge in [-0.05, 0) is 130 Å². The summed E-state index contributed by atoms with van der Waals surface area (Å²) in [7, 11) is 0. The molecule has 0 atom stereocenters. The van der Waals surface area contributed by atoms with Crippen molar-refractivity contribution in [3.63, 3.8) is 0 Å². The molecular formula is C53H33NS. The van der Waals surface area contributed by atoms with Crippen LogP contribution in [0, 0.1) is 0 Å². The minimum absolute atomic E-state index is 1.08. The van der Waals surface area contributed by atoms with Crippen molar-refractivity contribution >= 4 is 64.0 Å². The lowest BCUT2D eigenvalue weighted by Gasteiger charge is -2.13. The van der Waals surface area contributed by atoms with Gasteiger partial charge in [-0.25, -0.2) is 0 Å². The molecule has 0 radical (unpaired) electrons. The molecule has 0 saturated heterocycles. The molecule has 256 valence electrons. The predicted molar refractivity (Wildman–Crippen MR) is 237 cm³/mol. The Morgan fingerprint density at radius 3 is 1.25 bits per heavy atom. The lowest BCUT2D eigenvalue weighted by atomic mass is 9.91. The van der Waals surface area contributed by atoms with Crippen molar-refractivity contribution in [1.29, 1.82) is 0 Å². The van der Waals surface area contributed by atoms with Crippen LogP contribution in [-0.4, -0.2) is 4.98 Å². The molecule has 0 aliphatic rings. The number of hydrogen-bond donors (Lipinski definition) is 0. The van der Waals surface area contributed by atoms with Crippen LogP contribution >= 0.6 is 11.3 Å². The maximum Gasteiger partial charge on any atom is 0.0888 e.